The van der Waals surface area contributed by atoms with Crippen molar-refractivity contribution in [2.45, 2.75) is 0 Å². The van der Waals surface area contributed by atoms with Gasteiger partial charge < -0.3 is 0 Å². The van der Waals surface area contributed by atoms with Gasteiger partial charge in [0.15, 0.2) is 0 Å². The molecule has 0 rings (SSSR count). The molecule has 5 heteroatoms. The first-order chi connectivity index (χ1) is 1.73. The Labute approximate surface area is 35.0 Å². The third kappa shape index (κ3) is 2840. The molecule has 0 unspecified atom stereocenters. The summed E-state index contributed by atoms with van der Waals surface area (Å²) in [7, 11) is -3.12. The van der Waals surface area contributed by atoms with E-state index in [4.69, 9.17) is 13.0 Å². The summed E-state index contributed by atoms with van der Waals surface area (Å²) in [5.41, 5.74) is 0. The molecule has 30 valence electrons. The fourth-order valence-electron chi connectivity index (χ4n) is 0. The van der Waals surface area contributed by atoms with Crippen LogP contribution >= 0.6 is 0 Å². The van der Waals surface area contributed by atoms with Crippen LogP contribution in [-0.4, -0.2) is 23.1 Å². The van der Waals surface area contributed by atoms with Crippen molar-refractivity contribution in [3.8, 4) is 0 Å². The summed E-state index contributed by atoms with van der Waals surface area (Å²) in [5, 5.41) is 0. The van der Waals surface area contributed by atoms with Crippen LogP contribution in [0.15, 0.2) is 0 Å². The summed E-state index contributed by atoms with van der Waals surface area (Å²) in [6.07, 6.45) is 0. The van der Waals surface area contributed by atoms with E-state index in [1.165, 1.54) is 0 Å². The van der Waals surface area contributed by atoms with Crippen LogP contribution in [0.3, 0.4) is 0 Å². The molecule has 0 saturated heterocycles. The second-order valence-electron chi connectivity index (χ2n) is 0.238. The zero-order chi connectivity index (χ0) is 3.58. The van der Waals surface area contributed by atoms with Crippen LogP contribution < -0.4 is 0 Å². The minimum atomic E-state index is -3.12. The Hall–Kier alpha value is 0.0788. The van der Waals surface area contributed by atoms with Crippen LogP contribution in [0.2, 0.25) is 0 Å². The third-order valence-electron chi connectivity index (χ3n) is 0. The second-order valence-corrected chi connectivity index (χ2v) is 0.714. The van der Waals surface area contributed by atoms with E-state index in [0.29, 0.717) is 0 Å². The molecule has 0 heterocycles. The predicted molar refractivity (Wildman–Crippen MR) is 21.5 cm³/mol. The van der Waals surface area contributed by atoms with E-state index in [-0.39, 0.29) is 10.1 Å². The van der Waals surface area contributed by atoms with Crippen molar-refractivity contribution in [3.63, 3.8) is 0 Å². The Balaban J connectivity index is 0. The van der Waals surface area contributed by atoms with Crippen molar-refractivity contribution in [2.24, 2.45) is 0 Å². The van der Waals surface area contributed by atoms with E-state index < -0.39 is 11.0 Å². The fourth-order valence-corrected chi connectivity index (χ4v) is 0. The van der Waals surface area contributed by atoms with Gasteiger partial charge in [-0.05, 0) is 0 Å². The van der Waals surface area contributed by atoms with Gasteiger partial charge in [0.1, 0.15) is 0 Å². The molecule has 5 heavy (non-hydrogen) atoms. The van der Waals surface area contributed by atoms with Crippen LogP contribution in [-0.2, 0) is 11.0 Å². The van der Waals surface area contributed by atoms with Crippen LogP contribution in [0, 0.1) is 0 Å². The molecule has 0 aliphatic rings. The molecule has 0 fully saturated rings. The van der Waals surface area contributed by atoms with Crippen molar-refractivity contribution in [1.29, 1.82) is 0 Å². The molecule has 1 N–H and O–H groups in total. The van der Waals surface area contributed by atoms with Gasteiger partial charge in [0.25, 0.3) is 11.0 Å². The number of rotatable bonds is 0. The standard InChI is InChI=1S/Be.H2O3S.2H/c;1-4(2)3;;/h;4H,(H,1,2,3);;. The van der Waals surface area contributed by atoms with Gasteiger partial charge in [0.2, 0.25) is 0 Å². The minimum absolute atomic E-state index is 0. The molecule has 3 nitrogen and oxygen atoms in total. The van der Waals surface area contributed by atoms with Crippen LogP contribution in [0.25, 0.3) is 0 Å². The summed E-state index contributed by atoms with van der Waals surface area (Å²) >= 11 is 0. The zero-order valence-corrected chi connectivity index (χ0v) is 2.61. The third-order valence-corrected chi connectivity index (χ3v) is 0. The van der Waals surface area contributed by atoms with E-state index >= 15 is 0 Å². The number of hydrogen-bond donors (Lipinski definition) is 2. The first-order valence-corrected chi connectivity index (χ1v) is 1.70. The van der Waals surface area contributed by atoms with Crippen molar-refractivity contribution >= 4 is 21.1 Å². The molecule has 0 spiro atoms. The van der Waals surface area contributed by atoms with Gasteiger partial charge in [-0.3, -0.25) is 4.55 Å². The van der Waals surface area contributed by atoms with Gasteiger partial charge in [0.05, 0.1) is 0 Å². The van der Waals surface area contributed by atoms with Gasteiger partial charge in [-0.15, -0.1) is 0 Å². The topological polar surface area (TPSA) is 54.4 Å². The van der Waals surface area contributed by atoms with Gasteiger partial charge >= 0.3 is 10.1 Å². The van der Waals surface area contributed by atoms with Crippen molar-refractivity contribution in [1.82, 2.24) is 0 Å². The predicted octanol–water partition coefficient (Wildman–Crippen LogP) is -1.85. The molecule has 0 atom stereocenters. The Morgan fingerprint density at radius 2 is 1.40 bits per heavy atom. The van der Waals surface area contributed by atoms with Crippen LogP contribution in [0.4, 0.5) is 0 Å². The molecule has 0 aromatic carbocycles. The van der Waals surface area contributed by atoms with Crippen molar-refractivity contribution in [2.75, 3.05) is 0 Å². The number of hydrogen-bond acceptors (Lipinski definition) is 2. The van der Waals surface area contributed by atoms with Crippen molar-refractivity contribution in [3.05, 3.63) is 0 Å². The normalized spacial score (nSPS) is 6.80. The molecular weight excluding hydrogens is 89.1 g/mol. The molecule has 0 aromatic rings. The Kier molecular flexibility index (Phi) is 7.27. The average molecular weight is 93.1 g/mol. The summed E-state index contributed by atoms with van der Waals surface area (Å²) in [6, 6.07) is 0. The maximum absolute atomic E-state index is 8.59. The molecule has 0 aromatic heterocycles. The SMILES string of the molecule is O=[SH](=O)O.[BeH2]. The van der Waals surface area contributed by atoms with E-state index in [0.717, 1.165) is 0 Å². The van der Waals surface area contributed by atoms with Gasteiger partial charge in [0, 0.05) is 0 Å². The molecule has 0 amide bonds. The van der Waals surface area contributed by atoms with Crippen LogP contribution in [0.1, 0.15) is 0 Å². The summed E-state index contributed by atoms with van der Waals surface area (Å²) in [6.45, 7) is 0. The molecule has 0 aliphatic heterocycles. The fraction of sp³-hybridized carbons (Fsp3) is 0. The summed E-state index contributed by atoms with van der Waals surface area (Å²) in [5.74, 6) is 0. The number of thiol groups is 1. The maximum atomic E-state index is 8.59. The first kappa shape index (κ1) is 8.91. The van der Waals surface area contributed by atoms with Crippen molar-refractivity contribution < 1.29 is 13.0 Å². The van der Waals surface area contributed by atoms with E-state index in [9.17, 15) is 0 Å². The van der Waals surface area contributed by atoms with E-state index in [1.54, 1.807) is 0 Å². The molecule has 0 saturated carbocycles. The molecule has 0 aliphatic carbocycles. The van der Waals surface area contributed by atoms with E-state index in [1.807, 2.05) is 0 Å². The summed E-state index contributed by atoms with van der Waals surface area (Å²) in [4.78, 5) is 0. The molecule has 0 bridgehead atoms. The quantitative estimate of drug-likeness (QED) is 0.210. The average Bonchev–Trinajstić information content (AvgIpc) is 0.811. The second kappa shape index (κ2) is 4.08. The first-order valence-electron chi connectivity index (χ1n) is 0.565. The zero-order valence-electron chi connectivity index (χ0n) is 1.71. The van der Waals surface area contributed by atoms with Gasteiger partial charge in [-0.1, -0.05) is 0 Å². The molecule has 0 radical (unpaired) electrons. The Morgan fingerprint density at radius 3 is 1.40 bits per heavy atom. The summed E-state index contributed by atoms with van der Waals surface area (Å²) < 4.78 is 24.2. The Morgan fingerprint density at radius 1 is 1.40 bits per heavy atom. The van der Waals surface area contributed by atoms with Gasteiger partial charge in [-0.2, -0.15) is 0 Å². The van der Waals surface area contributed by atoms with Crippen LogP contribution in [0.5, 0.6) is 0 Å². The molecular formula is H4BeO3S. The van der Waals surface area contributed by atoms with E-state index in [2.05, 4.69) is 0 Å². The Bertz CT molecular complexity index is 55.3. The van der Waals surface area contributed by atoms with Gasteiger partial charge in [-0.25, -0.2) is 8.42 Å². The monoisotopic (exact) mass is 93.0 g/mol.